The second kappa shape index (κ2) is 7.94. The Morgan fingerprint density at radius 2 is 1.70 bits per heavy atom. The number of ether oxygens (including phenoxy) is 1. The van der Waals surface area contributed by atoms with Gasteiger partial charge in [-0.2, -0.15) is 5.10 Å². The van der Waals surface area contributed by atoms with Crippen LogP contribution in [0.25, 0.3) is 5.69 Å². The van der Waals surface area contributed by atoms with Crippen molar-refractivity contribution in [2.45, 2.75) is 25.2 Å². The predicted octanol–water partition coefficient (Wildman–Crippen LogP) is 3.02. The van der Waals surface area contributed by atoms with Crippen LogP contribution in [0.4, 0.5) is 0 Å². The number of aromatic nitrogens is 2. The van der Waals surface area contributed by atoms with E-state index >= 15 is 0 Å². The molecule has 6 nitrogen and oxygen atoms in total. The molecule has 0 fully saturated rings. The zero-order valence-electron chi connectivity index (χ0n) is 15.6. The molecular formula is C20H23N3O3S. The van der Waals surface area contributed by atoms with Gasteiger partial charge in [-0.15, -0.1) is 0 Å². The second-order valence-corrected chi connectivity index (χ2v) is 7.95. The second-order valence-electron chi connectivity index (χ2n) is 6.24. The molecule has 3 rings (SSSR count). The zero-order chi connectivity index (χ0) is 19.4. The summed E-state index contributed by atoms with van der Waals surface area (Å²) in [4.78, 5) is 0.237. The van der Waals surface area contributed by atoms with Gasteiger partial charge in [-0.3, -0.25) is 0 Å². The molecule has 0 aliphatic heterocycles. The quantitative estimate of drug-likeness (QED) is 0.678. The number of benzene rings is 2. The Balaban J connectivity index is 1.75. The van der Waals surface area contributed by atoms with E-state index in [0.29, 0.717) is 24.4 Å². The van der Waals surface area contributed by atoms with Gasteiger partial charge in [0.2, 0.25) is 10.0 Å². The Labute approximate surface area is 159 Å². The van der Waals surface area contributed by atoms with Crippen LogP contribution in [0.5, 0.6) is 5.75 Å². The van der Waals surface area contributed by atoms with Gasteiger partial charge < -0.3 is 4.74 Å². The lowest BCUT2D eigenvalue weighted by atomic mass is 10.1. The number of hydrogen-bond donors (Lipinski definition) is 1. The minimum absolute atomic E-state index is 0.237. The van der Waals surface area contributed by atoms with Crippen LogP contribution in [0.1, 0.15) is 17.0 Å². The Morgan fingerprint density at radius 3 is 2.33 bits per heavy atom. The molecule has 0 unspecified atom stereocenters. The molecule has 1 N–H and O–H groups in total. The fraction of sp³-hybridized carbons (Fsp3) is 0.250. The van der Waals surface area contributed by atoms with E-state index in [9.17, 15) is 8.42 Å². The van der Waals surface area contributed by atoms with Crippen molar-refractivity contribution in [3.8, 4) is 11.4 Å². The van der Waals surface area contributed by atoms with E-state index < -0.39 is 10.0 Å². The van der Waals surface area contributed by atoms with Gasteiger partial charge in [0, 0.05) is 6.54 Å². The third kappa shape index (κ3) is 4.20. The summed E-state index contributed by atoms with van der Waals surface area (Å²) >= 11 is 0. The lowest BCUT2D eigenvalue weighted by molar-refractivity contribution is 0.414. The molecule has 0 aliphatic carbocycles. The average molecular weight is 385 g/mol. The monoisotopic (exact) mass is 385 g/mol. The highest BCUT2D eigenvalue weighted by Crippen LogP contribution is 2.22. The van der Waals surface area contributed by atoms with E-state index in [0.717, 1.165) is 17.0 Å². The highest BCUT2D eigenvalue weighted by Gasteiger charge is 2.24. The Morgan fingerprint density at radius 1 is 1.04 bits per heavy atom. The maximum atomic E-state index is 12.8. The molecule has 0 radical (unpaired) electrons. The van der Waals surface area contributed by atoms with Crippen LogP contribution in [-0.2, 0) is 16.4 Å². The van der Waals surface area contributed by atoms with Gasteiger partial charge in [0.15, 0.2) is 0 Å². The molecule has 142 valence electrons. The molecule has 0 spiro atoms. The zero-order valence-corrected chi connectivity index (χ0v) is 16.5. The van der Waals surface area contributed by atoms with Crippen LogP contribution in [-0.4, -0.2) is 31.9 Å². The lowest BCUT2D eigenvalue weighted by Crippen LogP contribution is -2.27. The van der Waals surface area contributed by atoms with Crippen molar-refractivity contribution in [1.82, 2.24) is 14.5 Å². The van der Waals surface area contributed by atoms with Gasteiger partial charge in [0.25, 0.3) is 0 Å². The van der Waals surface area contributed by atoms with Crippen molar-refractivity contribution >= 4 is 10.0 Å². The summed E-state index contributed by atoms with van der Waals surface area (Å²) in [7, 11) is -2.04. The highest BCUT2D eigenvalue weighted by molar-refractivity contribution is 7.89. The van der Waals surface area contributed by atoms with Gasteiger partial charge in [-0.05, 0) is 50.1 Å². The number of methoxy groups -OCH3 is 1. The molecule has 0 aliphatic rings. The summed E-state index contributed by atoms with van der Waals surface area (Å²) in [6, 6.07) is 17.1. The van der Waals surface area contributed by atoms with Crippen molar-refractivity contribution in [2.24, 2.45) is 0 Å². The molecule has 0 bridgehead atoms. The maximum absolute atomic E-state index is 12.8. The van der Waals surface area contributed by atoms with Crippen molar-refractivity contribution in [2.75, 3.05) is 13.7 Å². The molecule has 0 saturated carbocycles. The van der Waals surface area contributed by atoms with Crippen LogP contribution in [0, 0.1) is 13.8 Å². The Kier molecular flexibility index (Phi) is 5.62. The van der Waals surface area contributed by atoms with Crippen LogP contribution in [0.15, 0.2) is 59.5 Å². The van der Waals surface area contributed by atoms with Gasteiger partial charge in [-0.1, -0.05) is 30.3 Å². The number of nitrogens with zero attached hydrogens (tertiary/aromatic N) is 2. The van der Waals surface area contributed by atoms with Gasteiger partial charge in [0.05, 0.1) is 24.2 Å². The molecule has 0 amide bonds. The average Bonchev–Trinajstić information content (AvgIpc) is 2.98. The largest absolute Gasteiger partial charge is 0.497 e. The number of hydrogen-bond acceptors (Lipinski definition) is 4. The topological polar surface area (TPSA) is 73.2 Å². The van der Waals surface area contributed by atoms with Gasteiger partial charge in [0.1, 0.15) is 10.6 Å². The predicted molar refractivity (Wildman–Crippen MR) is 105 cm³/mol. The summed E-state index contributed by atoms with van der Waals surface area (Å²) in [5.74, 6) is 0.777. The normalized spacial score (nSPS) is 11.5. The molecule has 27 heavy (non-hydrogen) atoms. The van der Waals surface area contributed by atoms with E-state index in [1.165, 1.54) is 0 Å². The molecule has 3 aromatic rings. The summed E-state index contributed by atoms with van der Waals surface area (Å²) in [6.45, 7) is 3.79. The highest BCUT2D eigenvalue weighted by atomic mass is 32.2. The van der Waals surface area contributed by atoms with Crippen LogP contribution < -0.4 is 9.46 Å². The first-order chi connectivity index (χ1) is 12.9. The smallest absolute Gasteiger partial charge is 0.244 e. The molecule has 7 heteroatoms. The Bertz CT molecular complexity index is 1010. The minimum Gasteiger partial charge on any atom is -0.497 e. The Hall–Kier alpha value is -2.64. The lowest BCUT2D eigenvalue weighted by Gasteiger charge is -2.08. The molecule has 0 saturated heterocycles. The molecule has 0 atom stereocenters. The summed E-state index contributed by atoms with van der Waals surface area (Å²) < 4.78 is 35.1. The fourth-order valence-corrected chi connectivity index (χ4v) is 4.45. The number of para-hydroxylation sites is 1. The molecule has 1 aromatic heterocycles. The van der Waals surface area contributed by atoms with Crippen molar-refractivity contribution in [3.63, 3.8) is 0 Å². The SMILES string of the molecule is COc1ccc(CCNS(=O)(=O)c2c(C)nn(-c3ccccc3)c2C)cc1. The first-order valence-corrected chi connectivity index (χ1v) is 10.1. The van der Waals surface area contributed by atoms with Crippen LogP contribution in [0.3, 0.4) is 0 Å². The van der Waals surface area contributed by atoms with E-state index in [1.807, 2.05) is 54.6 Å². The summed E-state index contributed by atoms with van der Waals surface area (Å²) in [5.41, 5.74) is 2.94. The van der Waals surface area contributed by atoms with Gasteiger partial charge in [-0.25, -0.2) is 17.8 Å². The number of sulfonamides is 1. The van der Waals surface area contributed by atoms with Crippen molar-refractivity contribution in [1.29, 1.82) is 0 Å². The summed E-state index contributed by atoms with van der Waals surface area (Å²) in [5, 5.41) is 4.42. The standard InChI is InChI=1S/C20H23N3O3S/c1-15-20(16(2)23(22-15)18-7-5-4-6-8-18)27(24,25)21-14-13-17-9-11-19(26-3)12-10-17/h4-12,21H,13-14H2,1-3H3. The molecule has 1 heterocycles. The van der Waals surface area contributed by atoms with Crippen molar-refractivity contribution in [3.05, 3.63) is 71.5 Å². The first kappa shape index (κ1) is 19.1. The number of aryl methyl sites for hydroxylation is 1. The first-order valence-electron chi connectivity index (χ1n) is 8.66. The van der Waals surface area contributed by atoms with E-state index in [-0.39, 0.29) is 4.90 Å². The summed E-state index contributed by atoms with van der Waals surface area (Å²) in [6.07, 6.45) is 0.591. The molecular weight excluding hydrogens is 362 g/mol. The minimum atomic E-state index is -3.65. The number of nitrogens with one attached hydrogen (secondary N) is 1. The van der Waals surface area contributed by atoms with Crippen molar-refractivity contribution < 1.29 is 13.2 Å². The van der Waals surface area contributed by atoms with E-state index in [1.54, 1.807) is 25.6 Å². The third-order valence-corrected chi connectivity index (χ3v) is 6.07. The third-order valence-electron chi connectivity index (χ3n) is 4.36. The number of rotatable bonds is 7. The van der Waals surface area contributed by atoms with Crippen LogP contribution >= 0.6 is 0 Å². The maximum Gasteiger partial charge on any atom is 0.244 e. The fourth-order valence-electron chi connectivity index (χ4n) is 3.03. The van der Waals surface area contributed by atoms with E-state index in [4.69, 9.17) is 4.74 Å². The molecule has 2 aromatic carbocycles. The van der Waals surface area contributed by atoms with Gasteiger partial charge >= 0.3 is 0 Å². The van der Waals surface area contributed by atoms with Crippen LogP contribution in [0.2, 0.25) is 0 Å². The van der Waals surface area contributed by atoms with E-state index in [2.05, 4.69) is 9.82 Å².